The molecule has 1 aliphatic rings. The van der Waals surface area contributed by atoms with E-state index in [-0.39, 0.29) is 11.4 Å². The quantitative estimate of drug-likeness (QED) is 0.131. The van der Waals surface area contributed by atoms with E-state index in [2.05, 4.69) is 36.0 Å². The normalized spacial score (nSPS) is 15.3. The van der Waals surface area contributed by atoms with Gasteiger partial charge >= 0.3 is 5.97 Å². The molecule has 1 heterocycles. The summed E-state index contributed by atoms with van der Waals surface area (Å²) in [5.74, 6) is 0.453. The van der Waals surface area contributed by atoms with Gasteiger partial charge in [-0.1, -0.05) is 67.5 Å². The van der Waals surface area contributed by atoms with Crippen molar-refractivity contribution in [2.45, 2.75) is 52.1 Å². The van der Waals surface area contributed by atoms with Crippen LogP contribution >= 0.6 is 0 Å². The molecule has 3 aromatic carbocycles. The number of rotatable bonds is 12. The highest BCUT2D eigenvalue weighted by molar-refractivity contribution is 6.12. The third kappa shape index (κ3) is 7.02. The molecule has 0 saturated heterocycles. The fraction of sp³-hybridized carbons (Fsp3) is 0.394. The van der Waals surface area contributed by atoms with E-state index in [0.29, 0.717) is 32.0 Å². The van der Waals surface area contributed by atoms with Crippen molar-refractivity contribution in [3.8, 4) is 5.75 Å². The maximum Gasteiger partial charge on any atom is 0.335 e. The van der Waals surface area contributed by atoms with E-state index in [4.69, 9.17) is 14.2 Å². The van der Waals surface area contributed by atoms with Crippen LogP contribution in [0.4, 0.5) is 5.69 Å². The van der Waals surface area contributed by atoms with Crippen molar-refractivity contribution in [2.24, 2.45) is 5.16 Å². The standard InChI is InChI=1S/C33H40N2O5/c1-5-38-30(32(36)39-6-2)22-24-12-15-27(16-13-24)40-21-20-35-19-18-33(3,4)28-23-26(14-17-29(28)35)31(34-37)25-10-8-7-9-11-25/h7-17,23,30,37H,5-6,18-22H2,1-4H3/b34-31+. The molecule has 4 rings (SSSR count). The van der Waals surface area contributed by atoms with Crippen LogP contribution in [0, 0.1) is 0 Å². The Labute approximate surface area is 237 Å². The second-order valence-electron chi connectivity index (χ2n) is 10.6. The molecular formula is C33H40N2O5. The van der Waals surface area contributed by atoms with Gasteiger partial charge in [0.2, 0.25) is 0 Å². The minimum absolute atomic E-state index is 0.00130. The average molecular weight is 545 g/mol. The van der Waals surface area contributed by atoms with E-state index in [1.54, 1.807) is 6.92 Å². The fourth-order valence-electron chi connectivity index (χ4n) is 5.14. The number of benzene rings is 3. The minimum Gasteiger partial charge on any atom is -0.492 e. The van der Waals surface area contributed by atoms with Crippen LogP contribution in [0.3, 0.4) is 0 Å². The molecule has 7 nitrogen and oxygen atoms in total. The van der Waals surface area contributed by atoms with Gasteiger partial charge in [0.25, 0.3) is 0 Å². The summed E-state index contributed by atoms with van der Waals surface area (Å²) in [6.07, 6.45) is 0.867. The lowest BCUT2D eigenvalue weighted by Crippen LogP contribution is -2.39. The predicted octanol–water partition coefficient (Wildman–Crippen LogP) is 5.99. The van der Waals surface area contributed by atoms with Gasteiger partial charge in [-0.25, -0.2) is 4.79 Å². The number of anilines is 1. The Hall–Kier alpha value is -3.84. The number of carbonyl (C=O) groups excluding carboxylic acids is 1. The van der Waals surface area contributed by atoms with Crippen LogP contribution in [0.25, 0.3) is 0 Å². The molecular weight excluding hydrogens is 504 g/mol. The number of ether oxygens (including phenoxy) is 3. The zero-order valence-electron chi connectivity index (χ0n) is 23.9. The van der Waals surface area contributed by atoms with Gasteiger partial charge in [-0.05, 0) is 61.1 Å². The lowest BCUT2D eigenvalue weighted by Gasteiger charge is -2.40. The molecule has 40 heavy (non-hydrogen) atoms. The van der Waals surface area contributed by atoms with Crippen LogP contribution in [0.2, 0.25) is 0 Å². The van der Waals surface area contributed by atoms with E-state index < -0.39 is 6.10 Å². The molecule has 0 saturated carbocycles. The second-order valence-corrected chi connectivity index (χ2v) is 10.6. The van der Waals surface area contributed by atoms with Gasteiger partial charge in [-0.2, -0.15) is 0 Å². The molecule has 1 unspecified atom stereocenters. The predicted molar refractivity (Wildman–Crippen MR) is 158 cm³/mol. The number of esters is 1. The maximum absolute atomic E-state index is 12.2. The van der Waals surface area contributed by atoms with E-state index in [1.165, 1.54) is 11.3 Å². The fourth-order valence-corrected chi connectivity index (χ4v) is 5.14. The average Bonchev–Trinajstić information content (AvgIpc) is 2.96. The zero-order chi connectivity index (χ0) is 28.5. The SMILES string of the molecule is CCOC(=O)C(Cc1ccc(OCCN2CCC(C)(C)c3cc(/C(=N/O)c4ccccc4)ccc32)cc1)OCC. The summed E-state index contributed by atoms with van der Waals surface area (Å²) < 4.78 is 16.8. The summed E-state index contributed by atoms with van der Waals surface area (Å²) in [7, 11) is 0. The molecule has 0 radical (unpaired) electrons. The topological polar surface area (TPSA) is 80.6 Å². The highest BCUT2D eigenvalue weighted by atomic mass is 16.6. The van der Waals surface area contributed by atoms with E-state index in [9.17, 15) is 10.0 Å². The molecule has 0 aromatic heterocycles. The summed E-state index contributed by atoms with van der Waals surface area (Å²) in [6, 6.07) is 23.9. The maximum atomic E-state index is 12.2. The van der Waals surface area contributed by atoms with Gasteiger partial charge < -0.3 is 24.3 Å². The van der Waals surface area contributed by atoms with Gasteiger partial charge in [0, 0.05) is 36.4 Å². The van der Waals surface area contributed by atoms with Gasteiger partial charge in [-0.3, -0.25) is 0 Å². The van der Waals surface area contributed by atoms with Gasteiger partial charge in [-0.15, -0.1) is 0 Å². The molecule has 3 aromatic rings. The summed E-state index contributed by atoms with van der Waals surface area (Å²) in [5.41, 5.74) is 5.76. The van der Waals surface area contributed by atoms with Crippen molar-refractivity contribution in [3.05, 3.63) is 95.1 Å². The van der Waals surface area contributed by atoms with Crippen molar-refractivity contribution in [1.82, 2.24) is 0 Å². The molecule has 0 spiro atoms. The third-order valence-corrected chi connectivity index (χ3v) is 7.39. The lowest BCUT2D eigenvalue weighted by molar-refractivity contribution is -0.156. The number of hydrogen-bond donors (Lipinski definition) is 1. The Bertz CT molecular complexity index is 1290. The summed E-state index contributed by atoms with van der Waals surface area (Å²) in [5, 5.41) is 13.4. The highest BCUT2D eigenvalue weighted by Gasteiger charge is 2.32. The molecule has 0 aliphatic carbocycles. The highest BCUT2D eigenvalue weighted by Crippen LogP contribution is 2.40. The van der Waals surface area contributed by atoms with Crippen molar-refractivity contribution < 1.29 is 24.2 Å². The van der Waals surface area contributed by atoms with E-state index in [0.717, 1.165) is 42.0 Å². The molecule has 0 fully saturated rings. The van der Waals surface area contributed by atoms with Gasteiger partial charge in [0.1, 0.15) is 18.1 Å². The number of nitrogens with zero attached hydrogens (tertiary/aromatic N) is 2. The van der Waals surface area contributed by atoms with Crippen LogP contribution in [0.15, 0.2) is 78.0 Å². The first-order valence-corrected chi connectivity index (χ1v) is 14.0. The molecule has 0 bridgehead atoms. The smallest absolute Gasteiger partial charge is 0.335 e. The van der Waals surface area contributed by atoms with Crippen molar-refractivity contribution >= 4 is 17.4 Å². The van der Waals surface area contributed by atoms with Crippen LogP contribution < -0.4 is 9.64 Å². The number of oxime groups is 1. The summed E-state index contributed by atoms with van der Waals surface area (Å²) in [4.78, 5) is 14.5. The minimum atomic E-state index is -0.604. The second kappa shape index (κ2) is 13.5. The summed E-state index contributed by atoms with van der Waals surface area (Å²) in [6.45, 7) is 11.2. The first-order valence-electron chi connectivity index (χ1n) is 14.0. The van der Waals surface area contributed by atoms with Crippen LogP contribution in [-0.2, 0) is 26.1 Å². The van der Waals surface area contributed by atoms with Gasteiger partial charge in [0.05, 0.1) is 13.2 Å². The van der Waals surface area contributed by atoms with Crippen molar-refractivity contribution in [3.63, 3.8) is 0 Å². The Kier molecular flexibility index (Phi) is 9.83. The van der Waals surface area contributed by atoms with E-state index >= 15 is 0 Å². The first-order chi connectivity index (χ1) is 19.4. The first kappa shape index (κ1) is 29.2. The summed E-state index contributed by atoms with van der Waals surface area (Å²) >= 11 is 0. The van der Waals surface area contributed by atoms with E-state index in [1.807, 2.05) is 67.6 Å². The molecule has 7 heteroatoms. The third-order valence-electron chi connectivity index (χ3n) is 7.39. The van der Waals surface area contributed by atoms with Crippen molar-refractivity contribution in [1.29, 1.82) is 0 Å². The van der Waals surface area contributed by atoms with Crippen molar-refractivity contribution in [2.75, 3.05) is 37.8 Å². The number of carbonyl (C=O) groups is 1. The van der Waals surface area contributed by atoms with Crippen LogP contribution in [0.1, 0.15) is 56.4 Å². The van der Waals surface area contributed by atoms with Crippen LogP contribution in [-0.4, -0.2) is 55.9 Å². The molecule has 212 valence electrons. The molecule has 1 atom stereocenters. The monoisotopic (exact) mass is 544 g/mol. The zero-order valence-corrected chi connectivity index (χ0v) is 23.9. The molecule has 1 N–H and O–H groups in total. The Morgan fingerprint density at radius 1 is 1.00 bits per heavy atom. The number of hydrogen-bond acceptors (Lipinski definition) is 7. The molecule has 1 aliphatic heterocycles. The molecule has 0 amide bonds. The lowest BCUT2D eigenvalue weighted by atomic mass is 9.76. The van der Waals surface area contributed by atoms with Gasteiger partial charge in [0.15, 0.2) is 6.10 Å². The van der Waals surface area contributed by atoms with Crippen LogP contribution in [0.5, 0.6) is 5.75 Å². The largest absolute Gasteiger partial charge is 0.492 e. The Morgan fingerprint density at radius 2 is 1.75 bits per heavy atom. The Morgan fingerprint density at radius 3 is 2.42 bits per heavy atom. The number of fused-ring (bicyclic) bond motifs is 1. The Balaban J connectivity index is 1.40.